The molecule has 3 rings (SSSR count). The molecule has 122 valence electrons. The Balaban J connectivity index is 1.77. The lowest BCUT2D eigenvalue weighted by molar-refractivity contribution is -0.123. The highest BCUT2D eigenvalue weighted by molar-refractivity contribution is 6.31. The topological polar surface area (TPSA) is 64.0 Å². The highest BCUT2D eigenvalue weighted by Gasteiger charge is 2.23. The van der Waals surface area contributed by atoms with E-state index >= 15 is 0 Å². The molecule has 2 aromatic rings. The van der Waals surface area contributed by atoms with Gasteiger partial charge in [-0.15, -0.1) is 0 Å². The number of halogens is 1. The molecule has 1 fully saturated rings. The Kier molecular flexibility index (Phi) is 4.66. The minimum Gasteiger partial charge on any atom is -0.352 e. The number of nitrogens with one attached hydrogen (secondary N) is 1. The van der Waals surface area contributed by atoms with E-state index in [1.807, 2.05) is 0 Å². The van der Waals surface area contributed by atoms with Crippen molar-refractivity contribution >= 4 is 28.4 Å². The average Bonchev–Trinajstić information content (AvgIpc) is 2.53. The molecule has 0 spiro atoms. The van der Waals surface area contributed by atoms with Gasteiger partial charge >= 0.3 is 0 Å². The van der Waals surface area contributed by atoms with Gasteiger partial charge in [0.05, 0.1) is 17.2 Å². The molecule has 0 radical (unpaired) electrons. The maximum atomic E-state index is 12.5. The van der Waals surface area contributed by atoms with Crippen LogP contribution in [0.1, 0.15) is 32.6 Å². The van der Waals surface area contributed by atoms with Gasteiger partial charge in [-0.05, 0) is 37.0 Å². The van der Waals surface area contributed by atoms with Gasteiger partial charge in [0.1, 0.15) is 6.54 Å². The Morgan fingerprint density at radius 3 is 2.96 bits per heavy atom. The Labute approximate surface area is 139 Å². The van der Waals surface area contributed by atoms with Crippen molar-refractivity contribution in [2.75, 3.05) is 0 Å². The highest BCUT2D eigenvalue weighted by Crippen LogP contribution is 2.23. The van der Waals surface area contributed by atoms with E-state index in [0.717, 1.165) is 19.3 Å². The maximum Gasteiger partial charge on any atom is 0.261 e. The maximum absolute atomic E-state index is 12.5. The van der Waals surface area contributed by atoms with E-state index in [1.165, 1.54) is 17.3 Å². The van der Waals surface area contributed by atoms with E-state index < -0.39 is 0 Å². The molecular formula is C17H20ClN3O2. The number of hydrogen-bond donors (Lipinski definition) is 1. The first-order chi connectivity index (χ1) is 11.0. The van der Waals surface area contributed by atoms with E-state index in [1.54, 1.807) is 18.2 Å². The van der Waals surface area contributed by atoms with Crippen molar-refractivity contribution in [2.45, 2.75) is 45.2 Å². The third-order valence-electron chi connectivity index (χ3n) is 4.56. The van der Waals surface area contributed by atoms with Crippen molar-refractivity contribution in [3.8, 4) is 0 Å². The van der Waals surface area contributed by atoms with Crippen LogP contribution in [0, 0.1) is 5.92 Å². The smallest absolute Gasteiger partial charge is 0.261 e. The molecule has 1 N–H and O–H groups in total. The van der Waals surface area contributed by atoms with Crippen LogP contribution >= 0.6 is 11.6 Å². The van der Waals surface area contributed by atoms with Gasteiger partial charge in [-0.2, -0.15) is 0 Å². The van der Waals surface area contributed by atoms with Crippen LogP contribution in [-0.4, -0.2) is 21.5 Å². The second kappa shape index (κ2) is 6.71. The van der Waals surface area contributed by atoms with Crippen molar-refractivity contribution in [1.82, 2.24) is 14.9 Å². The summed E-state index contributed by atoms with van der Waals surface area (Å²) in [6.07, 6.45) is 5.93. The number of carbonyl (C=O) groups excluding carboxylic acids is 1. The Bertz CT molecular complexity index is 787. The van der Waals surface area contributed by atoms with Gasteiger partial charge in [0, 0.05) is 11.1 Å². The van der Waals surface area contributed by atoms with Crippen LogP contribution in [0.15, 0.2) is 29.3 Å². The lowest BCUT2D eigenvalue weighted by Crippen LogP contribution is -2.43. The van der Waals surface area contributed by atoms with Crippen LogP contribution in [0.25, 0.3) is 10.9 Å². The summed E-state index contributed by atoms with van der Waals surface area (Å²) in [7, 11) is 0. The zero-order valence-corrected chi connectivity index (χ0v) is 13.8. The number of carbonyl (C=O) groups is 1. The standard InChI is InChI=1S/C17H20ClN3O2/c1-11-4-2-3-5-14(11)20-16(22)9-21-10-19-15-7-6-12(18)8-13(15)17(21)23/h6-8,10-11,14H,2-5,9H2,1H3,(H,20,22)/t11-,14+/m0/s1. The number of hydrogen-bond acceptors (Lipinski definition) is 3. The van der Waals surface area contributed by atoms with Crippen molar-refractivity contribution in [2.24, 2.45) is 5.92 Å². The van der Waals surface area contributed by atoms with Gasteiger partial charge in [0.25, 0.3) is 5.56 Å². The summed E-state index contributed by atoms with van der Waals surface area (Å²) in [6.45, 7) is 2.15. The molecule has 23 heavy (non-hydrogen) atoms. The highest BCUT2D eigenvalue weighted by atomic mass is 35.5. The fraction of sp³-hybridized carbons (Fsp3) is 0.471. The zero-order chi connectivity index (χ0) is 16.4. The van der Waals surface area contributed by atoms with Crippen LogP contribution in [0.2, 0.25) is 5.02 Å². The molecule has 6 heteroatoms. The van der Waals surface area contributed by atoms with Crippen LogP contribution in [0.3, 0.4) is 0 Å². The molecular weight excluding hydrogens is 314 g/mol. The first-order valence-corrected chi connectivity index (χ1v) is 8.36. The van der Waals surface area contributed by atoms with Gasteiger partial charge in [-0.3, -0.25) is 14.2 Å². The molecule has 0 unspecified atom stereocenters. The van der Waals surface area contributed by atoms with Crippen molar-refractivity contribution < 1.29 is 4.79 Å². The Morgan fingerprint density at radius 2 is 2.17 bits per heavy atom. The predicted molar refractivity (Wildman–Crippen MR) is 90.6 cm³/mol. The van der Waals surface area contributed by atoms with E-state index in [9.17, 15) is 9.59 Å². The lowest BCUT2D eigenvalue weighted by Gasteiger charge is -2.29. The van der Waals surface area contributed by atoms with Crippen LogP contribution in [0.4, 0.5) is 0 Å². The number of rotatable bonds is 3. The molecule has 0 saturated heterocycles. The summed E-state index contributed by atoms with van der Waals surface area (Å²) < 4.78 is 1.33. The normalized spacial score (nSPS) is 21.3. The van der Waals surface area contributed by atoms with Crippen LogP contribution < -0.4 is 10.9 Å². The molecule has 1 saturated carbocycles. The zero-order valence-electron chi connectivity index (χ0n) is 13.1. The number of nitrogens with zero attached hydrogens (tertiary/aromatic N) is 2. The van der Waals surface area contributed by atoms with Gasteiger partial charge in [0.15, 0.2) is 0 Å². The van der Waals surface area contributed by atoms with Gasteiger partial charge in [-0.25, -0.2) is 4.98 Å². The number of amides is 1. The molecule has 5 nitrogen and oxygen atoms in total. The first kappa shape index (κ1) is 16.0. The summed E-state index contributed by atoms with van der Waals surface area (Å²) in [4.78, 5) is 28.9. The fourth-order valence-corrected chi connectivity index (χ4v) is 3.35. The van der Waals surface area contributed by atoms with Crippen molar-refractivity contribution in [1.29, 1.82) is 0 Å². The molecule has 1 heterocycles. The predicted octanol–water partition coefficient (Wildman–Crippen LogP) is 2.74. The minimum absolute atomic E-state index is 0.0164. The summed E-state index contributed by atoms with van der Waals surface area (Å²) in [5.74, 6) is 0.340. The molecule has 0 bridgehead atoms. The summed E-state index contributed by atoms with van der Waals surface area (Å²) in [5.41, 5.74) is 0.335. The van der Waals surface area contributed by atoms with Crippen LogP contribution in [0.5, 0.6) is 0 Å². The van der Waals surface area contributed by atoms with E-state index in [0.29, 0.717) is 21.8 Å². The van der Waals surface area contributed by atoms with Gasteiger partial charge in [-0.1, -0.05) is 31.4 Å². The molecule has 1 amide bonds. The van der Waals surface area contributed by atoms with E-state index in [4.69, 9.17) is 11.6 Å². The third kappa shape index (κ3) is 3.55. The molecule has 1 aliphatic rings. The number of benzene rings is 1. The quantitative estimate of drug-likeness (QED) is 0.939. The molecule has 1 aliphatic carbocycles. The monoisotopic (exact) mass is 333 g/mol. The lowest BCUT2D eigenvalue weighted by atomic mass is 9.86. The van der Waals surface area contributed by atoms with Gasteiger partial charge < -0.3 is 5.32 Å². The molecule has 0 aliphatic heterocycles. The minimum atomic E-state index is -0.246. The molecule has 2 atom stereocenters. The summed E-state index contributed by atoms with van der Waals surface area (Å²) in [6, 6.07) is 5.18. The second-order valence-corrected chi connectivity index (χ2v) is 6.71. The largest absolute Gasteiger partial charge is 0.352 e. The Morgan fingerprint density at radius 1 is 1.39 bits per heavy atom. The average molecular weight is 334 g/mol. The SMILES string of the molecule is C[C@H]1CCCC[C@H]1NC(=O)Cn1cnc2ccc(Cl)cc2c1=O. The van der Waals surface area contributed by atoms with Crippen molar-refractivity contribution in [3.05, 3.63) is 39.9 Å². The fourth-order valence-electron chi connectivity index (χ4n) is 3.18. The number of fused-ring (bicyclic) bond motifs is 1. The molecule has 1 aromatic carbocycles. The third-order valence-corrected chi connectivity index (χ3v) is 4.79. The summed E-state index contributed by atoms with van der Waals surface area (Å²) in [5, 5.41) is 3.96. The van der Waals surface area contributed by atoms with Crippen LogP contribution in [-0.2, 0) is 11.3 Å². The van der Waals surface area contributed by atoms with Crippen molar-refractivity contribution in [3.63, 3.8) is 0 Å². The first-order valence-electron chi connectivity index (χ1n) is 7.98. The second-order valence-electron chi connectivity index (χ2n) is 6.27. The molecule has 1 aromatic heterocycles. The van der Waals surface area contributed by atoms with Gasteiger partial charge in [0.2, 0.25) is 5.91 Å². The van der Waals surface area contributed by atoms with E-state index in [-0.39, 0.29) is 24.1 Å². The Hall–Kier alpha value is -1.88. The summed E-state index contributed by atoms with van der Waals surface area (Å²) >= 11 is 5.94. The van der Waals surface area contributed by atoms with E-state index in [2.05, 4.69) is 17.2 Å². The number of aromatic nitrogens is 2.